The van der Waals surface area contributed by atoms with Gasteiger partial charge in [-0.2, -0.15) is 0 Å². The Kier molecular flexibility index (Phi) is 7.90. The Hall–Kier alpha value is -1.40. The number of amides is 2. The highest BCUT2D eigenvalue weighted by atomic mass is 79.9. The van der Waals surface area contributed by atoms with E-state index in [2.05, 4.69) is 38.4 Å². The number of carbonyl (C=O) groups is 2. The summed E-state index contributed by atoms with van der Waals surface area (Å²) in [5.41, 5.74) is 0.797. The maximum absolute atomic E-state index is 12.4. The predicted molar refractivity (Wildman–Crippen MR) is 104 cm³/mol. The molecule has 2 N–H and O–H groups in total. The van der Waals surface area contributed by atoms with Crippen molar-refractivity contribution in [2.24, 2.45) is 5.92 Å². The molecule has 1 saturated heterocycles. The fraction of sp³-hybridized carbons (Fsp3) is 0.579. The van der Waals surface area contributed by atoms with Crippen LogP contribution in [0.25, 0.3) is 0 Å². The molecule has 1 aliphatic rings. The fourth-order valence-electron chi connectivity index (χ4n) is 3.03. The van der Waals surface area contributed by atoms with E-state index in [1.165, 1.54) is 0 Å². The van der Waals surface area contributed by atoms with Crippen molar-refractivity contribution in [3.8, 4) is 0 Å². The van der Waals surface area contributed by atoms with Crippen molar-refractivity contribution < 1.29 is 9.59 Å². The zero-order valence-corrected chi connectivity index (χ0v) is 16.6. The van der Waals surface area contributed by atoms with E-state index in [1.54, 1.807) is 0 Å². The third-order valence-corrected chi connectivity index (χ3v) is 5.30. The molecule has 1 aromatic carbocycles. The lowest BCUT2D eigenvalue weighted by Crippen LogP contribution is -2.48. The van der Waals surface area contributed by atoms with Crippen molar-refractivity contribution in [1.29, 1.82) is 0 Å². The van der Waals surface area contributed by atoms with Gasteiger partial charge in [0.2, 0.25) is 11.8 Å². The second-order valence-corrected chi connectivity index (χ2v) is 7.54. The molecule has 0 unspecified atom stereocenters. The molecule has 1 atom stereocenters. The minimum absolute atomic E-state index is 0.00632. The molecule has 25 heavy (non-hydrogen) atoms. The molecule has 0 aromatic heterocycles. The van der Waals surface area contributed by atoms with Crippen LogP contribution < -0.4 is 10.6 Å². The zero-order chi connectivity index (χ0) is 18.2. The Morgan fingerprint density at radius 3 is 2.48 bits per heavy atom. The summed E-state index contributed by atoms with van der Waals surface area (Å²) in [4.78, 5) is 26.7. The van der Waals surface area contributed by atoms with Crippen molar-refractivity contribution in [1.82, 2.24) is 10.2 Å². The number of hydrogen-bond acceptors (Lipinski definition) is 3. The van der Waals surface area contributed by atoms with Gasteiger partial charge in [0.1, 0.15) is 0 Å². The number of benzene rings is 1. The van der Waals surface area contributed by atoms with Gasteiger partial charge in [-0.3, -0.25) is 14.5 Å². The topological polar surface area (TPSA) is 61.4 Å². The summed E-state index contributed by atoms with van der Waals surface area (Å²) in [6, 6.07) is 7.36. The van der Waals surface area contributed by atoms with Crippen LogP contribution >= 0.6 is 15.9 Å². The molecule has 1 aromatic rings. The number of carbonyl (C=O) groups excluding carboxylic acids is 2. The third-order valence-electron chi connectivity index (χ3n) is 4.77. The number of nitrogens with one attached hydrogen (secondary N) is 2. The first-order valence-electron chi connectivity index (χ1n) is 9.09. The van der Waals surface area contributed by atoms with Gasteiger partial charge in [-0.15, -0.1) is 0 Å². The number of piperidine rings is 1. The SMILES string of the molecule is CCCCNC(=O)C1CCN([C@H](C)C(=O)Nc2ccc(Br)cc2)CC1. The third kappa shape index (κ3) is 6.12. The van der Waals surface area contributed by atoms with E-state index in [-0.39, 0.29) is 23.8 Å². The second-order valence-electron chi connectivity index (χ2n) is 6.63. The maximum atomic E-state index is 12.4. The first kappa shape index (κ1) is 19.9. The summed E-state index contributed by atoms with van der Waals surface area (Å²) in [5.74, 6) is 0.239. The van der Waals surface area contributed by atoms with E-state index in [4.69, 9.17) is 0 Å². The summed E-state index contributed by atoms with van der Waals surface area (Å²) in [6.45, 7) is 6.37. The van der Waals surface area contributed by atoms with Gasteiger partial charge < -0.3 is 10.6 Å². The highest BCUT2D eigenvalue weighted by Crippen LogP contribution is 2.20. The van der Waals surface area contributed by atoms with Crippen LogP contribution in [0, 0.1) is 5.92 Å². The lowest BCUT2D eigenvalue weighted by molar-refractivity contribution is -0.127. The minimum Gasteiger partial charge on any atom is -0.356 e. The first-order valence-corrected chi connectivity index (χ1v) is 9.88. The standard InChI is InChI=1S/C19H28BrN3O2/c1-3-4-11-21-19(25)15-9-12-23(13-10-15)14(2)18(24)22-17-7-5-16(20)6-8-17/h5-8,14-15H,3-4,9-13H2,1-2H3,(H,21,25)(H,22,24)/t14-/m1/s1. The molecule has 0 spiro atoms. The second kappa shape index (κ2) is 9.92. The number of rotatable bonds is 7. The quantitative estimate of drug-likeness (QED) is 0.678. The lowest BCUT2D eigenvalue weighted by Gasteiger charge is -2.34. The maximum Gasteiger partial charge on any atom is 0.241 e. The minimum atomic E-state index is -0.201. The van der Waals surface area contributed by atoms with Gasteiger partial charge in [-0.05, 0) is 63.5 Å². The van der Waals surface area contributed by atoms with E-state index in [0.717, 1.165) is 55.5 Å². The van der Waals surface area contributed by atoms with E-state index in [1.807, 2.05) is 31.2 Å². The highest BCUT2D eigenvalue weighted by molar-refractivity contribution is 9.10. The number of anilines is 1. The van der Waals surface area contributed by atoms with Crippen molar-refractivity contribution in [2.45, 2.75) is 45.6 Å². The van der Waals surface area contributed by atoms with Crippen LogP contribution in [-0.4, -0.2) is 42.4 Å². The van der Waals surface area contributed by atoms with E-state index >= 15 is 0 Å². The van der Waals surface area contributed by atoms with E-state index in [9.17, 15) is 9.59 Å². The molecule has 0 saturated carbocycles. The van der Waals surface area contributed by atoms with Crippen LogP contribution in [0.3, 0.4) is 0 Å². The molecule has 0 radical (unpaired) electrons. The molecular weight excluding hydrogens is 382 g/mol. The van der Waals surface area contributed by atoms with Crippen LogP contribution in [0.15, 0.2) is 28.7 Å². The van der Waals surface area contributed by atoms with Crippen LogP contribution in [-0.2, 0) is 9.59 Å². The summed E-state index contributed by atoms with van der Waals surface area (Å²) in [6.07, 6.45) is 3.74. The van der Waals surface area contributed by atoms with Gasteiger partial charge in [-0.1, -0.05) is 29.3 Å². The van der Waals surface area contributed by atoms with Gasteiger partial charge in [0, 0.05) is 22.6 Å². The molecule has 1 fully saturated rings. The van der Waals surface area contributed by atoms with Gasteiger partial charge >= 0.3 is 0 Å². The fourth-order valence-corrected chi connectivity index (χ4v) is 3.29. The molecule has 1 heterocycles. The number of hydrogen-bond donors (Lipinski definition) is 2. The first-order chi connectivity index (χ1) is 12.0. The average Bonchev–Trinajstić information content (AvgIpc) is 2.63. The lowest BCUT2D eigenvalue weighted by atomic mass is 9.95. The Bertz CT molecular complexity index is 569. The van der Waals surface area contributed by atoms with Crippen LogP contribution in [0.1, 0.15) is 39.5 Å². The molecule has 2 amide bonds. The van der Waals surface area contributed by atoms with Crippen molar-refractivity contribution >= 4 is 33.4 Å². The summed E-state index contributed by atoms with van der Waals surface area (Å²) >= 11 is 3.39. The van der Waals surface area contributed by atoms with Crippen molar-refractivity contribution in [3.63, 3.8) is 0 Å². The van der Waals surface area contributed by atoms with Gasteiger partial charge in [0.05, 0.1) is 6.04 Å². The van der Waals surface area contributed by atoms with Crippen molar-refractivity contribution in [3.05, 3.63) is 28.7 Å². The monoisotopic (exact) mass is 409 g/mol. The predicted octanol–water partition coefficient (Wildman–Crippen LogP) is 3.40. The number of likely N-dealkylation sites (tertiary alicyclic amines) is 1. The molecule has 138 valence electrons. The zero-order valence-electron chi connectivity index (χ0n) is 15.1. The summed E-state index contributed by atoms with van der Waals surface area (Å²) in [7, 11) is 0. The van der Waals surface area contributed by atoms with Crippen LogP contribution in [0.4, 0.5) is 5.69 Å². The van der Waals surface area contributed by atoms with Crippen LogP contribution in [0.5, 0.6) is 0 Å². The number of halogens is 1. The number of nitrogens with zero attached hydrogens (tertiary/aromatic N) is 1. The van der Waals surface area contributed by atoms with Gasteiger partial charge in [0.15, 0.2) is 0 Å². The smallest absolute Gasteiger partial charge is 0.241 e. The van der Waals surface area contributed by atoms with Crippen LogP contribution in [0.2, 0.25) is 0 Å². The summed E-state index contributed by atoms with van der Waals surface area (Å²) < 4.78 is 0.984. The van der Waals surface area contributed by atoms with Gasteiger partial charge in [-0.25, -0.2) is 0 Å². The normalized spacial score (nSPS) is 17.1. The Morgan fingerprint density at radius 2 is 1.88 bits per heavy atom. The molecule has 1 aliphatic heterocycles. The van der Waals surface area contributed by atoms with Gasteiger partial charge in [0.25, 0.3) is 0 Å². The van der Waals surface area contributed by atoms with Crippen molar-refractivity contribution in [2.75, 3.05) is 25.0 Å². The Morgan fingerprint density at radius 1 is 1.24 bits per heavy atom. The van der Waals surface area contributed by atoms with E-state index < -0.39 is 0 Å². The highest BCUT2D eigenvalue weighted by Gasteiger charge is 2.29. The molecule has 2 rings (SSSR count). The average molecular weight is 410 g/mol. The molecule has 5 nitrogen and oxygen atoms in total. The largest absolute Gasteiger partial charge is 0.356 e. The summed E-state index contributed by atoms with van der Waals surface area (Å²) in [5, 5.41) is 5.97. The Labute approximate surface area is 158 Å². The molecule has 0 aliphatic carbocycles. The molecular formula is C19H28BrN3O2. The van der Waals surface area contributed by atoms with E-state index in [0.29, 0.717) is 0 Å². The molecule has 0 bridgehead atoms. The molecule has 6 heteroatoms. The Balaban J connectivity index is 1.78. The number of unbranched alkanes of at least 4 members (excludes halogenated alkanes) is 1.